The van der Waals surface area contributed by atoms with Crippen LogP contribution in [0.15, 0.2) is 23.4 Å². The van der Waals surface area contributed by atoms with Crippen LogP contribution < -0.4 is 0 Å². The summed E-state index contributed by atoms with van der Waals surface area (Å²) in [5.41, 5.74) is 0. The molecule has 0 aliphatic rings. The van der Waals surface area contributed by atoms with Gasteiger partial charge in [0.2, 0.25) is 0 Å². The highest BCUT2D eigenvalue weighted by Crippen LogP contribution is 2.14. The molecule has 5 heteroatoms. The van der Waals surface area contributed by atoms with Gasteiger partial charge in [0, 0.05) is 17.3 Å². The number of hydrogen-bond donors (Lipinski definition) is 1. The molecule has 4 nitrogen and oxygen atoms in total. The number of rotatable bonds is 1. The zero-order valence-corrected chi connectivity index (χ0v) is 5.67. The van der Waals surface area contributed by atoms with E-state index in [0.717, 1.165) is 0 Å². The van der Waals surface area contributed by atoms with Crippen LogP contribution in [0.4, 0.5) is 0 Å². The molecule has 0 amide bonds. The smallest absolute Gasteiger partial charge is 0.155 e. The summed E-state index contributed by atoms with van der Waals surface area (Å²) in [6, 6.07) is 2.71. The van der Waals surface area contributed by atoms with Gasteiger partial charge in [0.15, 0.2) is 5.03 Å². The lowest BCUT2D eigenvalue weighted by Gasteiger charge is -2.03. The van der Waals surface area contributed by atoms with Crippen molar-refractivity contribution >= 4 is 11.1 Å². The van der Waals surface area contributed by atoms with Gasteiger partial charge in [0.1, 0.15) is 5.75 Å². The van der Waals surface area contributed by atoms with E-state index in [4.69, 9.17) is 5.11 Å². The number of aromatic nitrogens is 1. The van der Waals surface area contributed by atoms with Gasteiger partial charge in [-0.1, -0.05) is 0 Å². The minimum Gasteiger partial charge on any atom is -0.767 e. The highest BCUT2D eigenvalue weighted by atomic mass is 32.2. The second-order valence-corrected chi connectivity index (χ2v) is 2.42. The van der Waals surface area contributed by atoms with Crippen LogP contribution >= 0.6 is 0 Å². The summed E-state index contributed by atoms with van der Waals surface area (Å²) >= 11 is -2.45. The maximum absolute atomic E-state index is 10.2. The quantitative estimate of drug-likeness (QED) is 0.585. The van der Waals surface area contributed by atoms with Gasteiger partial charge in [-0.25, -0.2) is 4.98 Å². The van der Waals surface area contributed by atoms with Crippen molar-refractivity contribution in [2.45, 2.75) is 5.03 Å². The Morgan fingerprint density at radius 3 is 2.80 bits per heavy atom. The first-order valence-electron chi connectivity index (χ1n) is 2.45. The van der Waals surface area contributed by atoms with E-state index < -0.39 is 11.1 Å². The Hall–Kier alpha value is -0.940. The maximum Gasteiger partial charge on any atom is 0.155 e. The van der Waals surface area contributed by atoms with Crippen molar-refractivity contribution < 1.29 is 13.9 Å². The lowest BCUT2D eigenvalue weighted by molar-refractivity contribution is 0.448. The molecule has 0 aromatic carbocycles. The van der Waals surface area contributed by atoms with Gasteiger partial charge >= 0.3 is 0 Å². The van der Waals surface area contributed by atoms with E-state index in [1.165, 1.54) is 18.3 Å². The summed E-state index contributed by atoms with van der Waals surface area (Å²) in [6.45, 7) is 0. The fourth-order valence-electron chi connectivity index (χ4n) is 0.511. The molecule has 0 radical (unpaired) electrons. The normalized spacial score (nSPS) is 12.9. The standard InChI is InChI=1S/C5H5NO3S/c7-4-2-1-3-6-5(4)10(8)9/h1-3,7H,(H,8,9)/p-1. The Morgan fingerprint density at radius 1 is 1.70 bits per heavy atom. The third kappa shape index (κ3) is 1.31. The van der Waals surface area contributed by atoms with E-state index in [2.05, 4.69) is 4.98 Å². The molecule has 1 aromatic heterocycles. The van der Waals surface area contributed by atoms with E-state index in [1.54, 1.807) is 0 Å². The van der Waals surface area contributed by atoms with Crippen LogP contribution in [-0.4, -0.2) is 18.9 Å². The van der Waals surface area contributed by atoms with Gasteiger partial charge in [-0.2, -0.15) is 0 Å². The molecular weight excluding hydrogens is 154 g/mol. The zero-order valence-electron chi connectivity index (χ0n) is 4.85. The second-order valence-electron chi connectivity index (χ2n) is 1.56. The summed E-state index contributed by atoms with van der Waals surface area (Å²) in [6.07, 6.45) is 1.30. The van der Waals surface area contributed by atoms with Crippen molar-refractivity contribution in [2.75, 3.05) is 0 Å². The minimum absolute atomic E-state index is 0.317. The van der Waals surface area contributed by atoms with E-state index in [0.29, 0.717) is 0 Å². The van der Waals surface area contributed by atoms with Crippen LogP contribution in [-0.2, 0) is 11.1 Å². The van der Waals surface area contributed by atoms with Gasteiger partial charge in [0.25, 0.3) is 0 Å². The first kappa shape index (κ1) is 7.17. The maximum atomic E-state index is 10.2. The Labute approximate surface area is 59.8 Å². The van der Waals surface area contributed by atoms with Crippen molar-refractivity contribution in [2.24, 2.45) is 0 Å². The van der Waals surface area contributed by atoms with Crippen LogP contribution in [0.3, 0.4) is 0 Å². The highest BCUT2D eigenvalue weighted by molar-refractivity contribution is 7.79. The van der Waals surface area contributed by atoms with Gasteiger partial charge in [-0.05, 0) is 12.1 Å². The van der Waals surface area contributed by atoms with Gasteiger partial charge in [0.05, 0.1) is 0 Å². The predicted octanol–water partition coefficient (Wildman–Crippen LogP) is 0.0252. The summed E-state index contributed by atoms with van der Waals surface area (Å²) in [4.78, 5) is 3.42. The molecule has 0 fully saturated rings. The largest absolute Gasteiger partial charge is 0.767 e. The number of aromatic hydroxyl groups is 1. The molecular formula is C5H4NO3S-. The molecule has 1 aromatic rings. The van der Waals surface area contributed by atoms with E-state index in [1.807, 2.05) is 0 Å². The fourth-order valence-corrected chi connectivity index (χ4v) is 0.896. The molecule has 1 rings (SSSR count). The number of hydrogen-bond acceptors (Lipinski definition) is 4. The van der Waals surface area contributed by atoms with E-state index in [9.17, 15) is 8.76 Å². The van der Waals surface area contributed by atoms with Gasteiger partial charge in [-0.15, -0.1) is 0 Å². The predicted molar refractivity (Wildman–Crippen MR) is 33.1 cm³/mol. The molecule has 1 atom stereocenters. The molecule has 1 heterocycles. The van der Waals surface area contributed by atoms with Crippen LogP contribution in [0.5, 0.6) is 5.75 Å². The Bertz CT molecular complexity index is 263. The molecule has 54 valence electrons. The third-order valence-electron chi connectivity index (χ3n) is 0.909. The first-order valence-corrected chi connectivity index (χ1v) is 3.52. The molecule has 0 aliphatic carbocycles. The third-order valence-corrected chi connectivity index (χ3v) is 1.54. The molecule has 1 unspecified atom stereocenters. The Balaban J connectivity index is 3.15. The SMILES string of the molecule is O=S([O-])c1ncccc1O. The molecule has 10 heavy (non-hydrogen) atoms. The fraction of sp³-hybridized carbons (Fsp3) is 0. The number of pyridine rings is 1. The van der Waals surface area contributed by atoms with Gasteiger partial charge in [-0.3, -0.25) is 4.21 Å². The van der Waals surface area contributed by atoms with Crippen LogP contribution in [0.2, 0.25) is 0 Å². The van der Waals surface area contributed by atoms with Crippen LogP contribution in [0.25, 0.3) is 0 Å². The topological polar surface area (TPSA) is 73.2 Å². The molecule has 1 N–H and O–H groups in total. The summed E-state index contributed by atoms with van der Waals surface area (Å²) in [7, 11) is 0. The van der Waals surface area contributed by atoms with Crippen molar-refractivity contribution in [1.82, 2.24) is 4.98 Å². The van der Waals surface area contributed by atoms with Crippen molar-refractivity contribution in [3.63, 3.8) is 0 Å². The van der Waals surface area contributed by atoms with Crippen molar-refractivity contribution in [3.8, 4) is 5.75 Å². The molecule has 0 aliphatic heterocycles. The van der Waals surface area contributed by atoms with Crippen molar-refractivity contribution in [3.05, 3.63) is 18.3 Å². The summed E-state index contributed by atoms with van der Waals surface area (Å²) < 4.78 is 20.4. The monoisotopic (exact) mass is 158 g/mol. The van der Waals surface area contributed by atoms with E-state index >= 15 is 0 Å². The average Bonchev–Trinajstić information content (AvgIpc) is 1.88. The second kappa shape index (κ2) is 2.76. The molecule has 0 saturated heterocycles. The van der Waals surface area contributed by atoms with E-state index in [-0.39, 0.29) is 10.8 Å². The molecule has 0 bridgehead atoms. The summed E-state index contributed by atoms with van der Waals surface area (Å²) in [5.74, 6) is -0.323. The van der Waals surface area contributed by atoms with Crippen LogP contribution in [0, 0.1) is 0 Å². The minimum atomic E-state index is -2.45. The average molecular weight is 158 g/mol. The Kier molecular flexibility index (Phi) is 1.98. The zero-order chi connectivity index (χ0) is 7.56. The van der Waals surface area contributed by atoms with Crippen LogP contribution in [0.1, 0.15) is 0 Å². The lowest BCUT2D eigenvalue weighted by atomic mass is 10.5. The first-order chi connectivity index (χ1) is 4.72. The Morgan fingerprint density at radius 2 is 2.40 bits per heavy atom. The number of nitrogens with zero attached hydrogens (tertiary/aromatic N) is 1. The lowest BCUT2D eigenvalue weighted by Crippen LogP contribution is -1.92. The summed E-state index contributed by atoms with van der Waals surface area (Å²) in [5, 5.41) is 8.51. The molecule has 0 spiro atoms. The van der Waals surface area contributed by atoms with Gasteiger partial charge < -0.3 is 9.66 Å². The highest BCUT2D eigenvalue weighted by Gasteiger charge is 1.98. The van der Waals surface area contributed by atoms with Crippen molar-refractivity contribution in [1.29, 1.82) is 0 Å². The molecule has 0 saturated carbocycles.